The molecule has 2 rings (SSSR count). The average molecular weight is 355 g/mol. The first-order chi connectivity index (χ1) is 8.66. The molecule has 4 nitrogen and oxygen atoms in total. The maximum atomic E-state index is 10.8. The van der Waals surface area contributed by atoms with Gasteiger partial charge in [0.15, 0.2) is 0 Å². The van der Waals surface area contributed by atoms with Crippen LogP contribution < -0.4 is 4.74 Å². The molecule has 0 heterocycles. The van der Waals surface area contributed by atoms with E-state index in [1.807, 2.05) is 59.0 Å². The number of benzene rings is 2. The lowest BCUT2D eigenvalue weighted by molar-refractivity contribution is -0.385. The van der Waals surface area contributed by atoms with Gasteiger partial charge in [0.1, 0.15) is 12.4 Å². The zero-order chi connectivity index (χ0) is 13.0. The molecule has 0 radical (unpaired) electrons. The van der Waals surface area contributed by atoms with Gasteiger partial charge in [0.25, 0.3) is 5.69 Å². The summed E-state index contributed by atoms with van der Waals surface area (Å²) in [6.07, 6.45) is 0. The van der Waals surface area contributed by atoms with Gasteiger partial charge in [-0.3, -0.25) is 10.1 Å². The molecule has 0 aliphatic rings. The van der Waals surface area contributed by atoms with Crippen LogP contribution in [-0.4, -0.2) is 4.92 Å². The van der Waals surface area contributed by atoms with Crippen LogP contribution in [0.2, 0.25) is 0 Å². The summed E-state index contributed by atoms with van der Waals surface area (Å²) in [6, 6.07) is 14.5. The van der Waals surface area contributed by atoms with Crippen LogP contribution in [0.3, 0.4) is 0 Å². The van der Waals surface area contributed by atoms with E-state index in [0.29, 0.717) is 10.2 Å². The minimum atomic E-state index is -0.381. The van der Waals surface area contributed by atoms with Crippen LogP contribution in [0.15, 0.2) is 48.5 Å². The van der Waals surface area contributed by atoms with Gasteiger partial charge < -0.3 is 4.74 Å². The lowest BCUT2D eigenvalue weighted by atomic mass is 10.2. The third-order valence-corrected chi connectivity index (χ3v) is 3.27. The topological polar surface area (TPSA) is 52.4 Å². The number of hydrogen-bond donors (Lipinski definition) is 0. The summed E-state index contributed by atoms with van der Waals surface area (Å²) in [5.41, 5.74) is 0.899. The molecule has 18 heavy (non-hydrogen) atoms. The van der Waals surface area contributed by atoms with Crippen LogP contribution in [-0.2, 0) is 6.61 Å². The van der Waals surface area contributed by atoms with Crippen molar-refractivity contribution in [1.29, 1.82) is 0 Å². The lowest BCUT2D eigenvalue weighted by Gasteiger charge is -2.06. The van der Waals surface area contributed by atoms with Gasteiger partial charge in [-0.1, -0.05) is 24.3 Å². The fourth-order valence-corrected chi connectivity index (χ4v) is 2.00. The van der Waals surface area contributed by atoms with Crippen molar-refractivity contribution in [2.24, 2.45) is 0 Å². The van der Waals surface area contributed by atoms with E-state index in [1.165, 1.54) is 0 Å². The Hall–Kier alpha value is -1.63. The smallest absolute Gasteiger partial charge is 0.283 e. The Balaban J connectivity index is 2.11. The Morgan fingerprint density at radius 2 is 1.89 bits per heavy atom. The van der Waals surface area contributed by atoms with Gasteiger partial charge in [0.2, 0.25) is 0 Å². The first kappa shape index (κ1) is 12.8. The van der Waals surface area contributed by atoms with Gasteiger partial charge in [-0.05, 0) is 46.4 Å². The van der Waals surface area contributed by atoms with Gasteiger partial charge in [-0.15, -0.1) is 0 Å². The number of rotatable bonds is 4. The second-order valence-corrected chi connectivity index (χ2v) is 4.81. The molecule has 5 heteroatoms. The van der Waals surface area contributed by atoms with Crippen molar-refractivity contribution < 1.29 is 9.66 Å². The molecule has 0 atom stereocenters. The molecule has 0 fully saturated rings. The van der Waals surface area contributed by atoms with E-state index in [-0.39, 0.29) is 10.6 Å². The molecular weight excluding hydrogens is 345 g/mol. The SMILES string of the molecule is O=[N+]([O-])c1cc(COc2ccccc2)ccc1I. The predicted molar refractivity (Wildman–Crippen MR) is 76.6 cm³/mol. The van der Waals surface area contributed by atoms with E-state index < -0.39 is 0 Å². The summed E-state index contributed by atoms with van der Waals surface area (Å²) in [4.78, 5) is 10.4. The number of hydrogen-bond acceptors (Lipinski definition) is 3. The fourth-order valence-electron chi connectivity index (χ4n) is 1.47. The molecule has 0 saturated carbocycles. The second kappa shape index (κ2) is 5.81. The summed E-state index contributed by atoms with van der Waals surface area (Å²) in [5, 5.41) is 10.8. The number of nitrogens with zero attached hydrogens (tertiary/aromatic N) is 1. The molecular formula is C13H10INO3. The van der Waals surface area contributed by atoms with E-state index in [1.54, 1.807) is 12.1 Å². The van der Waals surface area contributed by atoms with Crippen LogP contribution in [0.1, 0.15) is 5.56 Å². The Morgan fingerprint density at radius 3 is 2.56 bits per heavy atom. The van der Waals surface area contributed by atoms with Crippen LogP contribution >= 0.6 is 22.6 Å². The number of nitro benzene ring substituents is 1. The zero-order valence-corrected chi connectivity index (χ0v) is 11.5. The Morgan fingerprint density at radius 1 is 1.17 bits per heavy atom. The molecule has 0 N–H and O–H groups in total. The maximum absolute atomic E-state index is 10.8. The van der Waals surface area contributed by atoms with Gasteiger partial charge in [0, 0.05) is 6.07 Å². The first-order valence-electron chi connectivity index (χ1n) is 5.27. The molecule has 0 aliphatic heterocycles. The molecule has 2 aromatic rings. The zero-order valence-electron chi connectivity index (χ0n) is 9.38. The fraction of sp³-hybridized carbons (Fsp3) is 0.0769. The number of para-hydroxylation sites is 1. The molecule has 0 aliphatic carbocycles. The highest BCUT2D eigenvalue weighted by Gasteiger charge is 2.12. The van der Waals surface area contributed by atoms with Crippen LogP contribution in [0.5, 0.6) is 5.75 Å². The molecule has 0 aromatic heterocycles. The van der Waals surface area contributed by atoms with Crippen molar-refractivity contribution in [3.63, 3.8) is 0 Å². The predicted octanol–water partition coefficient (Wildman–Crippen LogP) is 3.78. The molecule has 0 saturated heterocycles. The highest BCUT2D eigenvalue weighted by atomic mass is 127. The van der Waals surface area contributed by atoms with Crippen molar-refractivity contribution in [1.82, 2.24) is 0 Å². The van der Waals surface area contributed by atoms with Crippen molar-refractivity contribution in [3.8, 4) is 5.75 Å². The second-order valence-electron chi connectivity index (χ2n) is 3.64. The third-order valence-electron chi connectivity index (χ3n) is 2.36. The van der Waals surface area contributed by atoms with Crippen molar-refractivity contribution in [3.05, 3.63) is 67.8 Å². The molecule has 0 amide bonds. The maximum Gasteiger partial charge on any atom is 0.283 e. The minimum absolute atomic E-state index is 0.116. The van der Waals surface area contributed by atoms with E-state index in [4.69, 9.17) is 4.74 Å². The van der Waals surface area contributed by atoms with Crippen LogP contribution in [0.25, 0.3) is 0 Å². The quantitative estimate of drug-likeness (QED) is 0.477. The lowest BCUT2D eigenvalue weighted by Crippen LogP contribution is -1.98. The van der Waals surface area contributed by atoms with Crippen molar-refractivity contribution in [2.75, 3.05) is 0 Å². The van der Waals surface area contributed by atoms with E-state index in [0.717, 1.165) is 11.3 Å². The third kappa shape index (κ3) is 3.19. The summed E-state index contributed by atoms with van der Waals surface area (Å²) < 4.78 is 6.17. The first-order valence-corrected chi connectivity index (χ1v) is 6.35. The Labute approximate surface area is 118 Å². The molecule has 0 bridgehead atoms. The van der Waals surface area contributed by atoms with Gasteiger partial charge >= 0.3 is 0 Å². The van der Waals surface area contributed by atoms with Crippen molar-refractivity contribution in [2.45, 2.75) is 6.61 Å². The molecule has 0 unspecified atom stereocenters. The number of halogens is 1. The van der Waals surface area contributed by atoms with Gasteiger partial charge in [-0.25, -0.2) is 0 Å². The van der Waals surface area contributed by atoms with Crippen LogP contribution in [0, 0.1) is 13.7 Å². The number of ether oxygens (including phenoxy) is 1. The van der Waals surface area contributed by atoms with E-state index in [2.05, 4.69) is 0 Å². The highest BCUT2D eigenvalue weighted by molar-refractivity contribution is 14.1. The minimum Gasteiger partial charge on any atom is -0.489 e. The molecule has 0 spiro atoms. The van der Waals surface area contributed by atoms with Crippen LogP contribution in [0.4, 0.5) is 5.69 Å². The Kier molecular flexibility index (Phi) is 4.14. The highest BCUT2D eigenvalue weighted by Crippen LogP contribution is 2.22. The summed E-state index contributed by atoms with van der Waals surface area (Å²) in [7, 11) is 0. The summed E-state index contributed by atoms with van der Waals surface area (Å²) in [5.74, 6) is 0.749. The Bertz CT molecular complexity index is 557. The van der Waals surface area contributed by atoms with Gasteiger partial charge in [0.05, 0.1) is 8.49 Å². The van der Waals surface area contributed by atoms with E-state index in [9.17, 15) is 10.1 Å². The van der Waals surface area contributed by atoms with Gasteiger partial charge in [-0.2, -0.15) is 0 Å². The monoisotopic (exact) mass is 355 g/mol. The largest absolute Gasteiger partial charge is 0.489 e. The normalized spacial score (nSPS) is 10.1. The van der Waals surface area contributed by atoms with Crippen molar-refractivity contribution >= 4 is 28.3 Å². The standard InChI is InChI=1S/C13H10INO3/c14-12-7-6-10(8-13(12)15(16)17)9-18-11-4-2-1-3-5-11/h1-8H,9H2. The van der Waals surface area contributed by atoms with E-state index >= 15 is 0 Å². The number of nitro groups is 1. The summed E-state index contributed by atoms with van der Waals surface area (Å²) in [6.45, 7) is 0.321. The molecule has 92 valence electrons. The molecule has 2 aromatic carbocycles. The summed E-state index contributed by atoms with van der Waals surface area (Å²) >= 11 is 1.95. The average Bonchev–Trinajstić information content (AvgIpc) is 2.38.